The number of benzene rings is 2. The molecule has 0 aliphatic heterocycles. The van der Waals surface area contributed by atoms with Gasteiger partial charge in [0.05, 0.1) is 42.0 Å². The van der Waals surface area contributed by atoms with Crippen molar-refractivity contribution in [2.45, 2.75) is 33.9 Å². The van der Waals surface area contributed by atoms with Gasteiger partial charge in [-0.05, 0) is 56.2 Å². The molecule has 0 aliphatic carbocycles. The molecule has 164 valence electrons. The molecular formula is C24H25FN6S. The summed E-state index contributed by atoms with van der Waals surface area (Å²) in [7, 11) is 0. The highest BCUT2D eigenvalue weighted by Crippen LogP contribution is 2.21. The lowest BCUT2D eigenvalue weighted by Gasteiger charge is -2.10. The topological polar surface area (TPSA) is 59.7 Å². The van der Waals surface area contributed by atoms with E-state index in [0.717, 1.165) is 28.3 Å². The van der Waals surface area contributed by atoms with Crippen LogP contribution in [-0.2, 0) is 13.1 Å². The van der Waals surface area contributed by atoms with E-state index in [1.165, 1.54) is 23.3 Å². The van der Waals surface area contributed by atoms with E-state index in [9.17, 15) is 4.39 Å². The smallest absolute Gasteiger partial charge is 0.175 e. The second-order valence-electron chi connectivity index (χ2n) is 7.82. The molecule has 32 heavy (non-hydrogen) atoms. The van der Waals surface area contributed by atoms with E-state index in [1.54, 1.807) is 16.9 Å². The summed E-state index contributed by atoms with van der Waals surface area (Å²) in [6.07, 6.45) is 3.52. The highest BCUT2D eigenvalue weighted by Gasteiger charge is 2.13. The fraction of sp³-hybridized carbons (Fsp3) is 0.208. The second kappa shape index (κ2) is 9.32. The standard InChI is InChI=1S/C24H25FN6S/c1-16-7-9-19(10-8-16)14-31-18(3)23(17(2)29-31)28-24(32)27-22-12-26-30(15-22)13-20-5-4-6-21(25)11-20/h4-12,15H,13-14H2,1-3H3,(H2,27,28,32). The first-order valence-corrected chi connectivity index (χ1v) is 10.7. The van der Waals surface area contributed by atoms with E-state index in [-0.39, 0.29) is 5.82 Å². The molecule has 0 aliphatic rings. The van der Waals surface area contributed by atoms with Gasteiger partial charge in [-0.15, -0.1) is 0 Å². The van der Waals surface area contributed by atoms with Gasteiger partial charge in [0.2, 0.25) is 0 Å². The van der Waals surface area contributed by atoms with Gasteiger partial charge >= 0.3 is 0 Å². The first kappa shape index (κ1) is 21.7. The van der Waals surface area contributed by atoms with Crippen LogP contribution >= 0.6 is 12.2 Å². The third-order valence-electron chi connectivity index (χ3n) is 5.20. The molecule has 0 radical (unpaired) electrons. The van der Waals surface area contributed by atoms with Crippen LogP contribution in [0.25, 0.3) is 0 Å². The summed E-state index contributed by atoms with van der Waals surface area (Å²) in [5.74, 6) is -0.257. The number of aryl methyl sites for hydroxylation is 2. The molecule has 0 fully saturated rings. The zero-order chi connectivity index (χ0) is 22.7. The summed E-state index contributed by atoms with van der Waals surface area (Å²) in [5, 5.41) is 15.9. The van der Waals surface area contributed by atoms with E-state index in [2.05, 4.69) is 52.0 Å². The Balaban J connectivity index is 1.39. The first-order chi connectivity index (χ1) is 15.4. The van der Waals surface area contributed by atoms with Crippen molar-refractivity contribution < 1.29 is 4.39 Å². The van der Waals surface area contributed by atoms with Crippen LogP contribution in [0.5, 0.6) is 0 Å². The predicted molar refractivity (Wildman–Crippen MR) is 130 cm³/mol. The number of hydrogen-bond acceptors (Lipinski definition) is 3. The lowest BCUT2D eigenvalue weighted by molar-refractivity contribution is 0.619. The Labute approximate surface area is 192 Å². The minimum atomic E-state index is -0.257. The van der Waals surface area contributed by atoms with Gasteiger partial charge < -0.3 is 10.6 Å². The molecule has 0 spiro atoms. The van der Waals surface area contributed by atoms with Crippen LogP contribution in [-0.4, -0.2) is 24.7 Å². The molecular weight excluding hydrogens is 423 g/mol. The van der Waals surface area contributed by atoms with Gasteiger partial charge in [-0.25, -0.2) is 4.39 Å². The number of thiocarbonyl (C=S) groups is 1. The Kier molecular flexibility index (Phi) is 6.32. The van der Waals surface area contributed by atoms with E-state index in [1.807, 2.05) is 30.8 Å². The molecule has 0 bridgehead atoms. The van der Waals surface area contributed by atoms with Crippen molar-refractivity contribution in [1.29, 1.82) is 0 Å². The van der Waals surface area contributed by atoms with Crippen molar-refractivity contribution in [3.8, 4) is 0 Å². The van der Waals surface area contributed by atoms with Crippen LogP contribution < -0.4 is 10.6 Å². The van der Waals surface area contributed by atoms with Gasteiger partial charge in [0.1, 0.15) is 5.82 Å². The molecule has 0 saturated carbocycles. The van der Waals surface area contributed by atoms with Crippen molar-refractivity contribution in [2.75, 3.05) is 10.6 Å². The summed E-state index contributed by atoms with van der Waals surface area (Å²) in [5.41, 5.74) is 6.80. The molecule has 2 N–H and O–H groups in total. The van der Waals surface area contributed by atoms with Crippen LogP contribution in [0.4, 0.5) is 15.8 Å². The quantitative estimate of drug-likeness (QED) is 0.404. The molecule has 2 aromatic carbocycles. The van der Waals surface area contributed by atoms with Crippen LogP contribution in [0, 0.1) is 26.6 Å². The van der Waals surface area contributed by atoms with Gasteiger partial charge in [-0.1, -0.05) is 42.0 Å². The Morgan fingerprint density at radius 1 is 1.00 bits per heavy atom. The second-order valence-corrected chi connectivity index (χ2v) is 8.23. The monoisotopic (exact) mass is 448 g/mol. The van der Waals surface area contributed by atoms with Crippen LogP contribution in [0.15, 0.2) is 60.9 Å². The first-order valence-electron chi connectivity index (χ1n) is 10.3. The van der Waals surface area contributed by atoms with E-state index in [4.69, 9.17) is 12.2 Å². The summed E-state index contributed by atoms with van der Waals surface area (Å²) in [4.78, 5) is 0. The molecule has 2 heterocycles. The lowest BCUT2D eigenvalue weighted by Crippen LogP contribution is -2.19. The molecule has 0 amide bonds. The predicted octanol–water partition coefficient (Wildman–Crippen LogP) is 5.05. The molecule has 2 aromatic heterocycles. The SMILES string of the molecule is Cc1ccc(Cn2nc(C)c(NC(=S)Nc3cnn(Cc4cccc(F)c4)c3)c2C)cc1. The van der Waals surface area contributed by atoms with E-state index >= 15 is 0 Å². The van der Waals surface area contributed by atoms with Gasteiger partial charge in [0.15, 0.2) is 5.11 Å². The number of halogens is 1. The van der Waals surface area contributed by atoms with Gasteiger partial charge in [0, 0.05) is 6.20 Å². The largest absolute Gasteiger partial charge is 0.330 e. The lowest BCUT2D eigenvalue weighted by atomic mass is 10.1. The maximum Gasteiger partial charge on any atom is 0.175 e. The Morgan fingerprint density at radius 3 is 2.53 bits per heavy atom. The summed E-state index contributed by atoms with van der Waals surface area (Å²) < 4.78 is 17.1. The minimum Gasteiger partial charge on any atom is -0.330 e. The number of nitrogens with one attached hydrogen (secondary N) is 2. The average Bonchev–Trinajstić information content (AvgIpc) is 3.28. The highest BCUT2D eigenvalue weighted by molar-refractivity contribution is 7.80. The minimum absolute atomic E-state index is 0.257. The van der Waals surface area contributed by atoms with E-state index in [0.29, 0.717) is 18.2 Å². The Bertz CT molecular complexity index is 1240. The third kappa shape index (κ3) is 5.20. The van der Waals surface area contributed by atoms with Crippen molar-refractivity contribution in [2.24, 2.45) is 0 Å². The molecule has 8 heteroatoms. The summed E-state index contributed by atoms with van der Waals surface area (Å²) in [6, 6.07) is 14.9. The Morgan fingerprint density at radius 2 is 1.78 bits per heavy atom. The van der Waals surface area contributed by atoms with Crippen molar-refractivity contribution >= 4 is 28.7 Å². The van der Waals surface area contributed by atoms with Crippen molar-refractivity contribution in [3.63, 3.8) is 0 Å². The normalized spacial score (nSPS) is 10.9. The Hall–Kier alpha value is -3.52. The maximum atomic E-state index is 13.4. The zero-order valence-electron chi connectivity index (χ0n) is 18.3. The highest BCUT2D eigenvalue weighted by atomic mass is 32.1. The van der Waals surface area contributed by atoms with Crippen LogP contribution in [0.3, 0.4) is 0 Å². The molecule has 0 saturated heterocycles. The van der Waals surface area contributed by atoms with Crippen molar-refractivity contribution in [1.82, 2.24) is 19.6 Å². The summed E-state index contributed by atoms with van der Waals surface area (Å²) in [6.45, 7) is 7.23. The zero-order valence-corrected chi connectivity index (χ0v) is 19.1. The molecule has 6 nitrogen and oxygen atoms in total. The van der Waals surface area contributed by atoms with Gasteiger partial charge in [-0.2, -0.15) is 10.2 Å². The number of anilines is 2. The van der Waals surface area contributed by atoms with Crippen LogP contribution in [0.1, 0.15) is 28.1 Å². The van der Waals surface area contributed by atoms with Crippen molar-refractivity contribution in [3.05, 3.63) is 94.8 Å². The maximum absolute atomic E-state index is 13.4. The van der Waals surface area contributed by atoms with Gasteiger partial charge in [-0.3, -0.25) is 9.36 Å². The van der Waals surface area contributed by atoms with E-state index < -0.39 is 0 Å². The summed E-state index contributed by atoms with van der Waals surface area (Å²) >= 11 is 5.50. The number of aromatic nitrogens is 4. The molecule has 0 unspecified atom stereocenters. The number of nitrogens with zero attached hydrogens (tertiary/aromatic N) is 4. The fourth-order valence-electron chi connectivity index (χ4n) is 3.51. The molecule has 0 atom stereocenters. The van der Waals surface area contributed by atoms with Gasteiger partial charge in [0.25, 0.3) is 0 Å². The number of rotatable bonds is 6. The third-order valence-corrected chi connectivity index (χ3v) is 5.40. The molecule has 4 rings (SSSR count). The van der Waals surface area contributed by atoms with Crippen LogP contribution in [0.2, 0.25) is 0 Å². The number of hydrogen-bond donors (Lipinski definition) is 2. The molecule has 4 aromatic rings. The average molecular weight is 449 g/mol. The fourth-order valence-corrected chi connectivity index (χ4v) is 3.73.